The number of quaternary nitrogens is 1. The number of epoxide rings is 1. The van der Waals surface area contributed by atoms with Gasteiger partial charge in [-0.3, -0.25) is 10.5 Å². The Morgan fingerprint density at radius 2 is 1.83 bits per heavy atom. The summed E-state index contributed by atoms with van der Waals surface area (Å²) < 4.78 is 13.8. The zero-order valence-corrected chi connectivity index (χ0v) is 33.8. The lowest BCUT2D eigenvalue weighted by molar-refractivity contribution is -0.699. The molecule has 15 atom stereocenters. The van der Waals surface area contributed by atoms with E-state index in [1.165, 1.54) is 12.8 Å². The highest BCUT2D eigenvalue weighted by Gasteiger charge is 2.75. The normalized spacial score (nSPS) is 47.8. The zero-order valence-electron chi connectivity index (χ0n) is 33.8. The van der Waals surface area contributed by atoms with E-state index in [9.17, 15) is 25.2 Å². The average Bonchev–Trinajstić information content (AvgIpc) is 3.90. The van der Waals surface area contributed by atoms with Crippen molar-refractivity contribution in [2.75, 3.05) is 19.8 Å². The SMILES string of the molecule is CCCCCCC12CCC(O)CC1C(=O)C=C1C2CCC2(C)C(C3(C4OC4C(C)(O)C(C)(CO)CCC4CC[NH2+]C(N)C4)CC(C)CCO3)CCC12O. The van der Waals surface area contributed by atoms with Gasteiger partial charge in [-0.2, -0.15) is 0 Å². The topological polar surface area (TPSA) is 162 Å². The fourth-order valence-electron chi connectivity index (χ4n) is 13.7. The van der Waals surface area contributed by atoms with Gasteiger partial charge in [0, 0.05) is 29.8 Å². The first-order valence-corrected chi connectivity index (χ1v) is 22.0. The lowest BCUT2D eigenvalue weighted by atomic mass is 9.44. The standard InChI is InChI=1S/C44H74N2O7/c1-6-7-8-9-16-42-19-11-30(48)24-33(42)34(49)25-32-31(42)12-18-40(4)35(13-20-44(32,40)51)43(26-28(2)15-22-52-43)38-37(53-38)41(5,50)39(3,27-47)17-10-29-14-21-46-36(45)23-29/h25,28-31,33,35-38,46-48,50-51H,6-24,26-27,45H2,1-5H3/p+1. The quantitative estimate of drug-likeness (QED) is 0.115. The Kier molecular flexibility index (Phi) is 11.2. The molecule has 7 aliphatic rings. The molecule has 9 heteroatoms. The van der Waals surface area contributed by atoms with Crippen LogP contribution in [0, 0.1) is 45.8 Å². The molecule has 0 aromatic rings. The third-order valence-electron chi connectivity index (χ3n) is 17.4. The third-order valence-corrected chi connectivity index (χ3v) is 17.4. The number of piperidine rings is 1. The lowest BCUT2D eigenvalue weighted by Gasteiger charge is -2.62. The number of carbonyl (C=O) groups is 1. The number of rotatable bonds is 13. The Hall–Kier alpha value is -0.910. The molecule has 53 heavy (non-hydrogen) atoms. The highest BCUT2D eigenvalue weighted by Crippen LogP contribution is 2.71. The number of ether oxygens (including phenoxy) is 2. The van der Waals surface area contributed by atoms with Gasteiger partial charge in [-0.15, -0.1) is 0 Å². The molecule has 0 bridgehead atoms. The molecule has 0 spiro atoms. The van der Waals surface area contributed by atoms with Crippen LogP contribution in [0.25, 0.3) is 0 Å². The molecular weight excluding hydrogens is 668 g/mol. The minimum absolute atomic E-state index is 0.0164. The second kappa shape index (κ2) is 14.8. The zero-order chi connectivity index (χ0) is 38.0. The van der Waals surface area contributed by atoms with Gasteiger partial charge in [0.25, 0.3) is 0 Å². The van der Waals surface area contributed by atoms with Gasteiger partial charge in [0.05, 0.1) is 30.5 Å². The van der Waals surface area contributed by atoms with Crippen LogP contribution in [0.15, 0.2) is 11.6 Å². The fraction of sp³-hybridized carbons (Fsp3) is 0.932. The highest BCUT2D eigenvalue weighted by molar-refractivity contribution is 5.95. The molecule has 3 aliphatic heterocycles. The van der Waals surface area contributed by atoms with E-state index in [4.69, 9.17) is 15.2 Å². The number of fused-ring (bicyclic) bond motifs is 5. The lowest BCUT2D eigenvalue weighted by Crippen LogP contribution is -2.94. The molecule has 7 rings (SSSR count). The van der Waals surface area contributed by atoms with Gasteiger partial charge in [-0.25, -0.2) is 0 Å². The molecule has 3 saturated heterocycles. The van der Waals surface area contributed by atoms with Crippen LogP contribution in [0.5, 0.6) is 0 Å². The van der Waals surface area contributed by atoms with Crippen LogP contribution in [0.4, 0.5) is 0 Å². The van der Waals surface area contributed by atoms with Gasteiger partial charge >= 0.3 is 0 Å². The summed E-state index contributed by atoms with van der Waals surface area (Å²) in [7, 11) is 0. The number of hydrogen-bond donors (Lipinski definition) is 6. The first-order chi connectivity index (χ1) is 25.1. The van der Waals surface area contributed by atoms with Crippen LogP contribution < -0.4 is 11.1 Å². The van der Waals surface area contributed by atoms with Crippen molar-refractivity contribution >= 4 is 5.78 Å². The van der Waals surface area contributed by atoms with E-state index in [0.717, 1.165) is 95.6 Å². The first kappa shape index (κ1) is 40.3. The smallest absolute Gasteiger partial charge is 0.159 e. The number of nitrogens with two attached hydrogens (primary N) is 2. The molecular formula is C44H75N2O7+. The summed E-state index contributed by atoms with van der Waals surface area (Å²) in [4.78, 5) is 14.2. The van der Waals surface area contributed by atoms with Gasteiger partial charge in [0.1, 0.15) is 24.0 Å². The predicted octanol–water partition coefficient (Wildman–Crippen LogP) is 4.91. The molecule has 0 amide bonds. The van der Waals surface area contributed by atoms with Crippen LogP contribution in [0.1, 0.15) is 150 Å². The van der Waals surface area contributed by atoms with Crippen molar-refractivity contribution in [1.82, 2.24) is 0 Å². The van der Waals surface area contributed by atoms with Gasteiger partial charge in [0.15, 0.2) is 5.78 Å². The maximum Gasteiger partial charge on any atom is 0.159 e. The van der Waals surface area contributed by atoms with Crippen LogP contribution in [-0.4, -0.2) is 87.2 Å². The summed E-state index contributed by atoms with van der Waals surface area (Å²) in [5, 5.41) is 49.6. The predicted molar refractivity (Wildman–Crippen MR) is 204 cm³/mol. The Labute approximate surface area is 319 Å². The molecule has 0 radical (unpaired) electrons. The summed E-state index contributed by atoms with van der Waals surface area (Å²) >= 11 is 0. The van der Waals surface area contributed by atoms with E-state index in [-0.39, 0.29) is 47.8 Å². The Bertz CT molecular complexity index is 1370. The summed E-state index contributed by atoms with van der Waals surface area (Å²) in [6.07, 6.45) is 17.0. The minimum Gasteiger partial charge on any atom is -0.396 e. The summed E-state index contributed by atoms with van der Waals surface area (Å²) in [5.41, 5.74) is 2.64. The summed E-state index contributed by atoms with van der Waals surface area (Å²) in [5.74, 6) is 0.959. The molecule has 8 N–H and O–H groups in total. The number of ketones is 1. The number of unbranched alkanes of at least 4 members (excludes halogenated alkanes) is 3. The van der Waals surface area contributed by atoms with Crippen molar-refractivity contribution < 1.29 is 40.0 Å². The molecule has 15 unspecified atom stereocenters. The van der Waals surface area contributed by atoms with E-state index in [2.05, 4.69) is 26.1 Å². The maximum atomic E-state index is 14.2. The van der Waals surface area contributed by atoms with Gasteiger partial charge in [-0.1, -0.05) is 53.4 Å². The molecule has 6 fully saturated rings. The molecule has 0 aromatic carbocycles. The van der Waals surface area contributed by atoms with Crippen molar-refractivity contribution in [2.45, 2.75) is 191 Å². The minimum atomic E-state index is -1.29. The van der Waals surface area contributed by atoms with Gasteiger partial charge in [0.2, 0.25) is 0 Å². The van der Waals surface area contributed by atoms with Crippen molar-refractivity contribution in [3.63, 3.8) is 0 Å². The van der Waals surface area contributed by atoms with Crippen LogP contribution in [0.3, 0.4) is 0 Å². The monoisotopic (exact) mass is 744 g/mol. The molecule has 0 aromatic heterocycles. The highest BCUT2D eigenvalue weighted by atomic mass is 16.6. The van der Waals surface area contributed by atoms with E-state index >= 15 is 0 Å². The van der Waals surface area contributed by atoms with E-state index < -0.39 is 39.8 Å². The Balaban J connectivity index is 1.17. The van der Waals surface area contributed by atoms with Crippen molar-refractivity contribution in [1.29, 1.82) is 0 Å². The molecule has 9 nitrogen and oxygen atoms in total. The van der Waals surface area contributed by atoms with Crippen LogP contribution >= 0.6 is 0 Å². The van der Waals surface area contributed by atoms with Crippen LogP contribution in [0.2, 0.25) is 0 Å². The summed E-state index contributed by atoms with van der Waals surface area (Å²) in [6.45, 7) is 12.2. The first-order valence-electron chi connectivity index (χ1n) is 22.0. The molecule has 3 heterocycles. The van der Waals surface area contributed by atoms with Crippen molar-refractivity contribution in [2.24, 2.45) is 51.6 Å². The number of hydrogen-bond acceptors (Lipinski definition) is 8. The number of carbonyl (C=O) groups excluding carboxylic acids is 1. The number of aliphatic hydroxyl groups excluding tert-OH is 2. The molecule has 3 saturated carbocycles. The van der Waals surface area contributed by atoms with Crippen LogP contribution in [-0.2, 0) is 14.3 Å². The second-order valence-corrected chi connectivity index (χ2v) is 20.3. The Morgan fingerprint density at radius 1 is 1.04 bits per heavy atom. The second-order valence-electron chi connectivity index (χ2n) is 20.3. The maximum absolute atomic E-state index is 14.2. The van der Waals surface area contributed by atoms with Gasteiger partial charge in [-0.05, 0) is 131 Å². The van der Waals surface area contributed by atoms with Gasteiger partial charge < -0.3 is 35.2 Å². The summed E-state index contributed by atoms with van der Waals surface area (Å²) in [6, 6.07) is 0. The number of allylic oxidation sites excluding steroid dienone is 1. The Morgan fingerprint density at radius 3 is 2.55 bits per heavy atom. The largest absolute Gasteiger partial charge is 0.396 e. The van der Waals surface area contributed by atoms with E-state index in [1.54, 1.807) is 0 Å². The third kappa shape index (κ3) is 6.55. The average molecular weight is 744 g/mol. The number of aliphatic hydroxyl groups is 4. The van der Waals surface area contributed by atoms with Crippen molar-refractivity contribution in [3.05, 3.63) is 11.6 Å². The van der Waals surface area contributed by atoms with E-state index in [1.807, 2.05) is 19.9 Å². The fourth-order valence-corrected chi connectivity index (χ4v) is 13.7. The van der Waals surface area contributed by atoms with E-state index in [0.29, 0.717) is 37.7 Å². The van der Waals surface area contributed by atoms with Crippen molar-refractivity contribution in [3.8, 4) is 0 Å². The molecule has 4 aliphatic carbocycles. The molecule has 302 valence electrons.